The molecule has 5 heteroatoms. The molecule has 104 valence electrons. The lowest BCUT2D eigenvalue weighted by molar-refractivity contribution is 0.174. The minimum atomic E-state index is -0.0376. The van der Waals surface area contributed by atoms with Gasteiger partial charge in [0, 0.05) is 12.2 Å². The van der Waals surface area contributed by atoms with E-state index in [1.165, 1.54) is 0 Å². The number of para-hydroxylation sites is 1. The van der Waals surface area contributed by atoms with Gasteiger partial charge in [0.25, 0.3) is 0 Å². The molecule has 2 aromatic carbocycles. The highest BCUT2D eigenvalue weighted by atomic mass is 35.5. The number of nitrogens with two attached hydrogens (primary N) is 1. The van der Waals surface area contributed by atoms with Crippen LogP contribution in [0.15, 0.2) is 42.5 Å². The SMILES string of the molecule is NCC(Nc1ccccc1)c1cc(Cl)c2c(c1)OCO2. The van der Waals surface area contributed by atoms with Gasteiger partial charge in [0.1, 0.15) is 0 Å². The van der Waals surface area contributed by atoms with Crippen LogP contribution in [0.25, 0.3) is 0 Å². The van der Waals surface area contributed by atoms with E-state index in [0.717, 1.165) is 11.3 Å². The van der Waals surface area contributed by atoms with Crippen LogP contribution in [0.5, 0.6) is 11.5 Å². The van der Waals surface area contributed by atoms with E-state index in [1.54, 1.807) is 0 Å². The topological polar surface area (TPSA) is 56.5 Å². The van der Waals surface area contributed by atoms with E-state index in [9.17, 15) is 0 Å². The summed E-state index contributed by atoms with van der Waals surface area (Å²) in [5, 5.41) is 3.93. The van der Waals surface area contributed by atoms with Gasteiger partial charge in [-0.25, -0.2) is 0 Å². The maximum atomic E-state index is 6.21. The minimum Gasteiger partial charge on any atom is -0.454 e. The first kappa shape index (κ1) is 13.1. The second kappa shape index (κ2) is 5.61. The molecule has 0 bridgehead atoms. The predicted molar refractivity (Wildman–Crippen MR) is 79.4 cm³/mol. The summed E-state index contributed by atoms with van der Waals surface area (Å²) in [6.07, 6.45) is 0. The summed E-state index contributed by atoms with van der Waals surface area (Å²) >= 11 is 6.21. The van der Waals surface area contributed by atoms with Crippen LogP contribution in [0.4, 0.5) is 5.69 Å². The standard InChI is InChI=1S/C15H15ClN2O2/c16-12-6-10(7-14-15(12)20-9-19-14)13(8-17)18-11-4-2-1-3-5-11/h1-7,13,18H,8-9,17H2. The number of fused-ring (bicyclic) bond motifs is 1. The molecule has 1 aliphatic rings. The van der Waals surface area contributed by atoms with Crippen LogP contribution in [0.2, 0.25) is 5.02 Å². The summed E-state index contributed by atoms with van der Waals surface area (Å²) in [6, 6.07) is 13.7. The fraction of sp³-hybridized carbons (Fsp3) is 0.200. The number of ether oxygens (including phenoxy) is 2. The Balaban J connectivity index is 1.88. The molecule has 0 amide bonds. The Hall–Kier alpha value is -1.91. The van der Waals surface area contributed by atoms with Crippen molar-refractivity contribution in [2.45, 2.75) is 6.04 Å². The smallest absolute Gasteiger partial charge is 0.231 e. The molecule has 0 aliphatic carbocycles. The molecule has 20 heavy (non-hydrogen) atoms. The third-order valence-corrected chi connectivity index (χ3v) is 3.48. The summed E-state index contributed by atoms with van der Waals surface area (Å²) in [4.78, 5) is 0. The molecule has 3 N–H and O–H groups in total. The van der Waals surface area contributed by atoms with E-state index >= 15 is 0 Å². The summed E-state index contributed by atoms with van der Waals surface area (Å²) in [7, 11) is 0. The van der Waals surface area contributed by atoms with E-state index in [1.807, 2.05) is 42.5 Å². The zero-order chi connectivity index (χ0) is 13.9. The zero-order valence-corrected chi connectivity index (χ0v) is 11.6. The molecular formula is C15H15ClN2O2. The van der Waals surface area contributed by atoms with E-state index in [-0.39, 0.29) is 12.8 Å². The summed E-state index contributed by atoms with van der Waals surface area (Å²) < 4.78 is 10.7. The Bertz CT molecular complexity index is 604. The number of rotatable bonds is 4. The fourth-order valence-corrected chi connectivity index (χ4v) is 2.48. The van der Waals surface area contributed by atoms with Crippen LogP contribution in [-0.4, -0.2) is 13.3 Å². The van der Waals surface area contributed by atoms with E-state index in [0.29, 0.717) is 23.1 Å². The highest BCUT2D eigenvalue weighted by Gasteiger charge is 2.21. The normalized spacial score (nSPS) is 14.1. The zero-order valence-electron chi connectivity index (χ0n) is 10.8. The first-order valence-electron chi connectivity index (χ1n) is 6.38. The molecule has 0 spiro atoms. The van der Waals surface area contributed by atoms with Gasteiger partial charge in [0.05, 0.1) is 11.1 Å². The molecule has 3 rings (SSSR count). The fourth-order valence-electron chi connectivity index (χ4n) is 2.20. The largest absolute Gasteiger partial charge is 0.454 e. The summed E-state index contributed by atoms with van der Waals surface area (Å²) in [5.41, 5.74) is 7.86. The van der Waals surface area contributed by atoms with Gasteiger partial charge < -0.3 is 20.5 Å². The van der Waals surface area contributed by atoms with E-state index in [2.05, 4.69) is 5.32 Å². The lowest BCUT2D eigenvalue weighted by Crippen LogP contribution is -2.20. The van der Waals surface area contributed by atoms with Gasteiger partial charge in [0.15, 0.2) is 11.5 Å². The average Bonchev–Trinajstić information content (AvgIpc) is 2.95. The average molecular weight is 291 g/mol. The Labute approximate surface area is 122 Å². The monoisotopic (exact) mass is 290 g/mol. The van der Waals surface area contributed by atoms with Crippen molar-refractivity contribution in [3.8, 4) is 11.5 Å². The highest BCUT2D eigenvalue weighted by Crippen LogP contribution is 2.41. The third-order valence-electron chi connectivity index (χ3n) is 3.20. The molecule has 0 saturated heterocycles. The van der Waals surface area contributed by atoms with E-state index in [4.69, 9.17) is 26.8 Å². The van der Waals surface area contributed by atoms with Crippen molar-refractivity contribution in [2.24, 2.45) is 5.73 Å². The van der Waals surface area contributed by atoms with Crippen molar-refractivity contribution in [1.29, 1.82) is 0 Å². The van der Waals surface area contributed by atoms with Crippen LogP contribution in [0.3, 0.4) is 0 Å². The molecule has 1 aliphatic heterocycles. The summed E-state index contributed by atoms with van der Waals surface area (Å²) in [5.74, 6) is 1.27. The van der Waals surface area contributed by atoms with Crippen molar-refractivity contribution in [1.82, 2.24) is 0 Å². The van der Waals surface area contributed by atoms with Crippen LogP contribution in [0, 0.1) is 0 Å². The van der Waals surface area contributed by atoms with Gasteiger partial charge in [-0.1, -0.05) is 29.8 Å². The number of hydrogen-bond donors (Lipinski definition) is 2. The van der Waals surface area contributed by atoms with Gasteiger partial charge in [-0.15, -0.1) is 0 Å². The number of benzene rings is 2. The first-order valence-corrected chi connectivity index (χ1v) is 6.76. The number of nitrogens with one attached hydrogen (secondary N) is 1. The van der Waals surface area contributed by atoms with Gasteiger partial charge in [-0.2, -0.15) is 0 Å². The molecule has 0 aromatic heterocycles. The molecule has 1 atom stereocenters. The molecule has 2 aromatic rings. The quantitative estimate of drug-likeness (QED) is 0.908. The Morgan fingerprint density at radius 1 is 1.20 bits per heavy atom. The molecule has 0 fully saturated rings. The molecule has 4 nitrogen and oxygen atoms in total. The van der Waals surface area contributed by atoms with Crippen molar-refractivity contribution in [2.75, 3.05) is 18.7 Å². The lowest BCUT2D eigenvalue weighted by atomic mass is 10.1. The van der Waals surface area contributed by atoms with Gasteiger partial charge in [0.2, 0.25) is 6.79 Å². The van der Waals surface area contributed by atoms with Gasteiger partial charge >= 0.3 is 0 Å². The maximum absolute atomic E-state index is 6.21. The predicted octanol–water partition coefficient (Wildman–Crippen LogP) is 3.18. The van der Waals surface area contributed by atoms with Gasteiger partial charge in [-0.05, 0) is 29.8 Å². The van der Waals surface area contributed by atoms with Crippen LogP contribution < -0.4 is 20.5 Å². The van der Waals surface area contributed by atoms with Crippen LogP contribution in [-0.2, 0) is 0 Å². The van der Waals surface area contributed by atoms with Crippen molar-refractivity contribution < 1.29 is 9.47 Å². The van der Waals surface area contributed by atoms with Crippen molar-refractivity contribution in [3.05, 3.63) is 53.1 Å². The van der Waals surface area contributed by atoms with Crippen LogP contribution in [0.1, 0.15) is 11.6 Å². The van der Waals surface area contributed by atoms with Crippen LogP contribution >= 0.6 is 11.6 Å². The Morgan fingerprint density at radius 2 is 2.00 bits per heavy atom. The highest BCUT2D eigenvalue weighted by molar-refractivity contribution is 6.32. The molecule has 1 heterocycles. The maximum Gasteiger partial charge on any atom is 0.231 e. The van der Waals surface area contributed by atoms with Crippen molar-refractivity contribution >= 4 is 17.3 Å². The van der Waals surface area contributed by atoms with Gasteiger partial charge in [-0.3, -0.25) is 0 Å². The molecular weight excluding hydrogens is 276 g/mol. The molecule has 1 unspecified atom stereocenters. The molecule has 0 saturated carbocycles. The first-order chi connectivity index (χ1) is 9.78. The molecule has 0 radical (unpaired) electrons. The number of halogens is 1. The lowest BCUT2D eigenvalue weighted by Gasteiger charge is -2.19. The summed E-state index contributed by atoms with van der Waals surface area (Å²) in [6.45, 7) is 0.656. The minimum absolute atomic E-state index is 0.0376. The third kappa shape index (κ3) is 2.53. The second-order valence-electron chi connectivity index (χ2n) is 4.54. The van der Waals surface area contributed by atoms with E-state index < -0.39 is 0 Å². The Morgan fingerprint density at radius 3 is 2.75 bits per heavy atom. The Kier molecular flexibility index (Phi) is 3.67. The second-order valence-corrected chi connectivity index (χ2v) is 4.94. The van der Waals surface area contributed by atoms with Crippen molar-refractivity contribution in [3.63, 3.8) is 0 Å². The number of hydrogen-bond acceptors (Lipinski definition) is 4. The number of anilines is 1.